The van der Waals surface area contributed by atoms with Gasteiger partial charge in [-0.3, -0.25) is 14.6 Å². The normalized spacial score (nSPS) is 14.6. The van der Waals surface area contributed by atoms with Gasteiger partial charge in [0.1, 0.15) is 5.82 Å². The molecule has 0 spiro atoms. The molecule has 7 heteroatoms. The van der Waals surface area contributed by atoms with E-state index in [1.165, 1.54) is 12.1 Å². The molecule has 2 amide bonds. The highest BCUT2D eigenvalue weighted by Gasteiger charge is 2.29. The van der Waals surface area contributed by atoms with Gasteiger partial charge in [-0.2, -0.15) is 0 Å². The standard InChI is InChI=1S/C26H27FN4O2/c27-20-9-11-23(12-10-20)31(22-3-1-2-4-22)25(32)17-24(28)18-5-7-19(8-6-18)26(33)30-21-13-15-29-16-14-21/h5-16,22,24H,1-4,17,28H2,(H,29,30,33). The Hall–Kier alpha value is -3.58. The summed E-state index contributed by atoms with van der Waals surface area (Å²) in [6.07, 6.45) is 7.34. The summed E-state index contributed by atoms with van der Waals surface area (Å²) in [4.78, 5) is 31.4. The lowest BCUT2D eigenvalue weighted by molar-refractivity contribution is -0.119. The third kappa shape index (κ3) is 5.62. The molecule has 0 aliphatic heterocycles. The van der Waals surface area contributed by atoms with Gasteiger partial charge in [0.2, 0.25) is 5.91 Å². The van der Waals surface area contributed by atoms with E-state index in [2.05, 4.69) is 10.3 Å². The van der Waals surface area contributed by atoms with Crippen LogP contribution in [0.4, 0.5) is 15.8 Å². The highest BCUT2D eigenvalue weighted by atomic mass is 19.1. The maximum absolute atomic E-state index is 13.4. The highest BCUT2D eigenvalue weighted by molar-refractivity contribution is 6.04. The first-order valence-electron chi connectivity index (χ1n) is 11.2. The van der Waals surface area contributed by atoms with Crippen LogP contribution < -0.4 is 16.0 Å². The molecule has 1 aromatic heterocycles. The molecule has 1 heterocycles. The second kappa shape index (κ2) is 10.4. The summed E-state index contributed by atoms with van der Waals surface area (Å²) in [5.41, 5.74) is 8.99. The minimum absolute atomic E-state index is 0.0829. The van der Waals surface area contributed by atoms with E-state index in [9.17, 15) is 14.0 Å². The van der Waals surface area contributed by atoms with Gasteiger partial charge in [-0.25, -0.2) is 4.39 Å². The predicted molar refractivity (Wildman–Crippen MR) is 126 cm³/mol. The molecule has 3 aromatic rings. The fourth-order valence-electron chi connectivity index (χ4n) is 4.25. The van der Waals surface area contributed by atoms with Crippen molar-refractivity contribution in [3.63, 3.8) is 0 Å². The third-order valence-corrected chi connectivity index (χ3v) is 6.00. The van der Waals surface area contributed by atoms with E-state index in [1.54, 1.807) is 65.8 Å². The van der Waals surface area contributed by atoms with E-state index >= 15 is 0 Å². The molecule has 1 fully saturated rings. The number of carbonyl (C=O) groups is 2. The quantitative estimate of drug-likeness (QED) is 0.544. The second-order valence-corrected chi connectivity index (χ2v) is 8.30. The van der Waals surface area contributed by atoms with Gasteiger partial charge in [0.05, 0.1) is 0 Å². The maximum Gasteiger partial charge on any atom is 0.255 e. The molecule has 1 unspecified atom stereocenters. The molecule has 1 saturated carbocycles. The summed E-state index contributed by atoms with van der Waals surface area (Å²) in [6.45, 7) is 0. The van der Waals surface area contributed by atoms with Gasteiger partial charge in [-0.1, -0.05) is 25.0 Å². The smallest absolute Gasteiger partial charge is 0.255 e. The fourth-order valence-corrected chi connectivity index (χ4v) is 4.25. The van der Waals surface area contributed by atoms with Crippen LogP contribution in [0.3, 0.4) is 0 Å². The first kappa shape index (κ1) is 22.6. The topological polar surface area (TPSA) is 88.3 Å². The SMILES string of the molecule is NC(CC(=O)N(c1ccc(F)cc1)C1CCCC1)c1ccc(C(=O)Nc2ccncc2)cc1. The van der Waals surface area contributed by atoms with E-state index < -0.39 is 6.04 Å². The maximum atomic E-state index is 13.4. The Morgan fingerprint density at radius 2 is 1.64 bits per heavy atom. The zero-order valence-corrected chi connectivity index (χ0v) is 18.3. The third-order valence-electron chi connectivity index (χ3n) is 6.00. The van der Waals surface area contributed by atoms with Crippen molar-refractivity contribution in [1.82, 2.24) is 4.98 Å². The number of nitrogens with zero attached hydrogens (tertiary/aromatic N) is 2. The average molecular weight is 447 g/mol. The number of benzene rings is 2. The number of aromatic nitrogens is 1. The summed E-state index contributed by atoms with van der Waals surface area (Å²) >= 11 is 0. The van der Waals surface area contributed by atoms with Gasteiger partial charge >= 0.3 is 0 Å². The Balaban J connectivity index is 1.43. The summed E-state index contributed by atoms with van der Waals surface area (Å²) in [6, 6.07) is 16.0. The van der Waals surface area contributed by atoms with Gasteiger partial charge in [0, 0.05) is 47.8 Å². The number of amides is 2. The molecule has 2 aromatic carbocycles. The van der Waals surface area contributed by atoms with E-state index in [1.807, 2.05) is 0 Å². The summed E-state index contributed by atoms with van der Waals surface area (Å²) < 4.78 is 13.4. The molecule has 0 saturated heterocycles. The molecule has 33 heavy (non-hydrogen) atoms. The minimum atomic E-state index is -0.515. The van der Waals surface area contributed by atoms with Gasteiger partial charge in [0.15, 0.2) is 0 Å². The number of pyridine rings is 1. The predicted octanol–water partition coefficient (Wildman–Crippen LogP) is 4.84. The summed E-state index contributed by atoms with van der Waals surface area (Å²) in [5, 5.41) is 2.81. The molecular formula is C26H27FN4O2. The van der Waals surface area contributed by atoms with Crippen molar-refractivity contribution in [2.45, 2.75) is 44.2 Å². The van der Waals surface area contributed by atoms with Crippen LogP contribution >= 0.6 is 0 Å². The van der Waals surface area contributed by atoms with Gasteiger partial charge in [-0.15, -0.1) is 0 Å². The Bertz CT molecular complexity index is 1080. The molecule has 0 radical (unpaired) electrons. The number of anilines is 2. The summed E-state index contributed by atoms with van der Waals surface area (Å²) in [5.74, 6) is -0.649. The monoisotopic (exact) mass is 446 g/mol. The Morgan fingerprint density at radius 3 is 2.27 bits per heavy atom. The van der Waals surface area contributed by atoms with Gasteiger partial charge in [0.25, 0.3) is 5.91 Å². The lowest BCUT2D eigenvalue weighted by Crippen LogP contribution is -2.40. The van der Waals surface area contributed by atoms with Crippen molar-refractivity contribution in [3.8, 4) is 0 Å². The Labute approximate surface area is 192 Å². The van der Waals surface area contributed by atoms with Crippen molar-refractivity contribution >= 4 is 23.2 Å². The van der Waals surface area contributed by atoms with Crippen LogP contribution in [0, 0.1) is 5.82 Å². The van der Waals surface area contributed by atoms with Crippen LogP contribution in [0.1, 0.15) is 54.1 Å². The molecule has 1 atom stereocenters. The van der Waals surface area contributed by atoms with E-state index in [-0.39, 0.29) is 30.1 Å². The van der Waals surface area contributed by atoms with E-state index in [0.717, 1.165) is 31.2 Å². The number of hydrogen-bond donors (Lipinski definition) is 2. The first-order chi connectivity index (χ1) is 16.0. The zero-order chi connectivity index (χ0) is 23.2. The van der Waals surface area contributed by atoms with Crippen LogP contribution in [-0.4, -0.2) is 22.8 Å². The molecular weight excluding hydrogens is 419 g/mol. The van der Waals surface area contributed by atoms with E-state index in [0.29, 0.717) is 16.9 Å². The molecule has 0 bridgehead atoms. The molecule has 4 rings (SSSR count). The Kier molecular flexibility index (Phi) is 7.10. The molecule has 6 nitrogen and oxygen atoms in total. The van der Waals surface area contributed by atoms with Gasteiger partial charge < -0.3 is 16.0 Å². The second-order valence-electron chi connectivity index (χ2n) is 8.30. The number of carbonyl (C=O) groups excluding carboxylic acids is 2. The van der Waals surface area contributed by atoms with Crippen LogP contribution in [-0.2, 0) is 4.79 Å². The number of hydrogen-bond acceptors (Lipinski definition) is 4. The highest BCUT2D eigenvalue weighted by Crippen LogP contribution is 2.30. The largest absolute Gasteiger partial charge is 0.324 e. The number of nitrogens with one attached hydrogen (secondary N) is 1. The van der Waals surface area contributed by atoms with Crippen molar-refractivity contribution < 1.29 is 14.0 Å². The lowest BCUT2D eigenvalue weighted by atomic mass is 10.0. The van der Waals surface area contributed by atoms with E-state index in [4.69, 9.17) is 5.73 Å². The first-order valence-corrected chi connectivity index (χ1v) is 11.2. The minimum Gasteiger partial charge on any atom is -0.324 e. The lowest BCUT2D eigenvalue weighted by Gasteiger charge is -2.30. The zero-order valence-electron chi connectivity index (χ0n) is 18.3. The van der Waals surface area contributed by atoms with Crippen molar-refractivity contribution in [2.75, 3.05) is 10.2 Å². The number of halogens is 1. The van der Waals surface area contributed by atoms with Gasteiger partial charge in [-0.05, 0) is 66.9 Å². The fraction of sp³-hybridized carbons (Fsp3) is 0.269. The molecule has 170 valence electrons. The number of nitrogens with two attached hydrogens (primary N) is 1. The van der Waals surface area contributed by atoms with Crippen LogP contribution in [0.5, 0.6) is 0 Å². The van der Waals surface area contributed by atoms with Crippen molar-refractivity contribution in [1.29, 1.82) is 0 Å². The average Bonchev–Trinajstić information content (AvgIpc) is 3.35. The van der Waals surface area contributed by atoms with Crippen LogP contribution in [0.25, 0.3) is 0 Å². The van der Waals surface area contributed by atoms with Crippen LogP contribution in [0.2, 0.25) is 0 Å². The van der Waals surface area contributed by atoms with Crippen LogP contribution in [0.15, 0.2) is 73.1 Å². The molecule has 1 aliphatic carbocycles. The number of rotatable bonds is 7. The van der Waals surface area contributed by atoms with Crippen molar-refractivity contribution in [3.05, 3.63) is 90.0 Å². The Morgan fingerprint density at radius 1 is 1.00 bits per heavy atom. The molecule has 1 aliphatic rings. The van der Waals surface area contributed by atoms with Crippen molar-refractivity contribution in [2.24, 2.45) is 5.73 Å². The summed E-state index contributed by atoms with van der Waals surface area (Å²) in [7, 11) is 0. The molecule has 3 N–H and O–H groups in total.